The molecule has 1 heterocycles. The Morgan fingerprint density at radius 1 is 1.28 bits per heavy atom. The molecule has 1 aliphatic heterocycles. The Bertz CT molecular complexity index is 631. The molecule has 1 aromatic rings. The van der Waals surface area contributed by atoms with Gasteiger partial charge in [-0.05, 0) is 44.9 Å². The number of esters is 1. The highest BCUT2D eigenvalue weighted by Gasteiger charge is 2.58. The third kappa shape index (κ3) is 3.37. The van der Waals surface area contributed by atoms with Crippen LogP contribution in [0.15, 0.2) is 24.3 Å². The largest absolute Gasteiger partial charge is 0.508 e. The van der Waals surface area contributed by atoms with Gasteiger partial charge in [0, 0.05) is 17.9 Å². The Morgan fingerprint density at radius 2 is 1.92 bits per heavy atom. The predicted molar refractivity (Wildman–Crippen MR) is 90.4 cm³/mol. The molecule has 7 nitrogen and oxygen atoms in total. The van der Waals surface area contributed by atoms with Gasteiger partial charge < -0.3 is 20.1 Å². The number of rotatable bonds is 3. The maximum Gasteiger partial charge on any atom is 0.312 e. The fourth-order valence-corrected chi connectivity index (χ4v) is 4.24. The second-order valence-electron chi connectivity index (χ2n) is 7.56. The molecule has 1 aromatic carbocycles. The highest BCUT2D eigenvalue weighted by Crippen LogP contribution is 2.50. The molecule has 138 valence electrons. The van der Waals surface area contributed by atoms with Crippen molar-refractivity contribution in [3.05, 3.63) is 29.8 Å². The van der Waals surface area contributed by atoms with Crippen LogP contribution in [0, 0.1) is 11.8 Å². The number of aliphatic hydroxyl groups is 2. The standard InChI is InChI=1S/C18H26N2O5/c1-9(2)25-17(23)15-13(10-4-6-11(21)7-5-10)14-12(8-18(15,3)24)19-20-16(14)22/h4-7,9,12-16,19-22,24H,8H2,1-3H3. The highest BCUT2D eigenvalue weighted by atomic mass is 16.5. The molecule has 1 saturated heterocycles. The first-order valence-electron chi connectivity index (χ1n) is 8.61. The molecule has 6 atom stereocenters. The molecule has 0 amide bonds. The summed E-state index contributed by atoms with van der Waals surface area (Å²) in [6, 6.07) is 6.34. The summed E-state index contributed by atoms with van der Waals surface area (Å²) in [6.07, 6.45) is -0.839. The Balaban J connectivity index is 2.06. The van der Waals surface area contributed by atoms with Gasteiger partial charge in [-0.3, -0.25) is 10.2 Å². The Hall–Kier alpha value is -1.67. The predicted octanol–water partition coefficient (Wildman–Crippen LogP) is 0.609. The van der Waals surface area contributed by atoms with E-state index in [1.54, 1.807) is 45.0 Å². The molecular formula is C18H26N2O5. The number of carbonyl (C=O) groups is 1. The molecule has 2 fully saturated rings. The van der Waals surface area contributed by atoms with Crippen LogP contribution in [0.25, 0.3) is 0 Å². The zero-order valence-corrected chi connectivity index (χ0v) is 14.6. The number of aromatic hydroxyl groups is 1. The molecule has 0 bridgehead atoms. The fraction of sp³-hybridized carbons (Fsp3) is 0.611. The van der Waals surface area contributed by atoms with Crippen LogP contribution in [0.1, 0.15) is 38.7 Å². The van der Waals surface area contributed by atoms with Gasteiger partial charge in [0.1, 0.15) is 12.0 Å². The molecule has 0 spiro atoms. The maximum absolute atomic E-state index is 12.8. The summed E-state index contributed by atoms with van der Waals surface area (Å²) in [4.78, 5) is 12.8. The smallest absolute Gasteiger partial charge is 0.312 e. The summed E-state index contributed by atoms with van der Waals surface area (Å²) in [5, 5.41) is 31.0. The number of hydrogen-bond acceptors (Lipinski definition) is 7. The lowest BCUT2D eigenvalue weighted by Crippen LogP contribution is -2.56. The van der Waals surface area contributed by atoms with Gasteiger partial charge in [-0.1, -0.05) is 12.1 Å². The van der Waals surface area contributed by atoms with Crippen molar-refractivity contribution in [3.63, 3.8) is 0 Å². The number of fused-ring (bicyclic) bond motifs is 1. The average Bonchev–Trinajstić information content (AvgIpc) is 2.85. The molecule has 5 N–H and O–H groups in total. The molecule has 0 radical (unpaired) electrons. The molecule has 0 aromatic heterocycles. The van der Waals surface area contributed by atoms with E-state index >= 15 is 0 Å². The number of hydrazine groups is 1. The van der Waals surface area contributed by atoms with Crippen LogP contribution < -0.4 is 10.9 Å². The van der Waals surface area contributed by atoms with Crippen molar-refractivity contribution in [1.82, 2.24) is 10.9 Å². The third-order valence-electron chi connectivity index (χ3n) is 5.21. The van der Waals surface area contributed by atoms with Crippen LogP contribution in [0.2, 0.25) is 0 Å². The van der Waals surface area contributed by atoms with Crippen molar-refractivity contribution in [2.45, 2.75) is 57.1 Å². The van der Waals surface area contributed by atoms with Gasteiger partial charge in [0.05, 0.1) is 17.6 Å². The average molecular weight is 350 g/mol. The van der Waals surface area contributed by atoms with E-state index in [4.69, 9.17) is 4.74 Å². The first-order chi connectivity index (χ1) is 11.7. The van der Waals surface area contributed by atoms with E-state index < -0.39 is 29.6 Å². The van der Waals surface area contributed by atoms with Gasteiger partial charge in [0.15, 0.2) is 0 Å². The molecule has 3 rings (SSSR count). The highest BCUT2D eigenvalue weighted by molar-refractivity contribution is 5.76. The summed E-state index contributed by atoms with van der Waals surface area (Å²) in [5.74, 6) is -1.95. The Morgan fingerprint density at radius 3 is 2.52 bits per heavy atom. The first-order valence-corrected chi connectivity index (χ1v) is 8.61. The van der Waals surface area contributed by atoms with Crippen molar-refractivity contribution < 1.29 is 24.9 Å². The molecule has 1 saturated carbocycles. The molecule has 25 heavy (non-hydrogen) atoms. The Labute approximate surface area is 147 Å². The summed E-state index contributed by atoms with van der Waals surface area (Å²) >= 11 is 0. The van der Waals surface area contributed by atoms with Gasteiger partial charge in [-0.2, -0.15) is 0 Å². The first kappa shape index (κ1) is 18.1. The second kappa shape index (κ2) is 6.57. The lowest BCUT2D eigenvalue weighted by molar-refractivity contribution is -0.171. The molecule has 7 heteroatoms. The topological polar surface area (TPSA) is 111 Å². The van der Waals surface area contributed by atoms with Gasteiger partial charge in [-0.25, -0.2) is 5.43 Å². The number of carbonyl (C=O) groups excluding carboxylic acids is 1. The third-order valence-corrected chi connectivity index (χ3v) is 5.21. The summed E-state index contributed by atoms with van der Waals surface area (Å²) in [7, 11) is 0. The van der Waals surface area contributed by atoms with Crippen molar-refractivity contribution in [1.29, 1.82) is 0 Å². The number of phenols is 1. The van der Waals surface area contributed by atoms with E-state index in [-0.39, 0.29) is 23.8 Å². The monoisotopic (exact) mass is 350 g/mol. The number of hydrogen-bond donors (Lipinski definition) is 5. The number of benzene rings is 1. The number of ether oxygens (including phenoxy) is 1. The zero-order valence-electron chi connectivity index (χ0n) is 14.6. The van der Waals surface area contributed by atoms with Gasteiger partial charge in [-0.15, -0.1) is 0 Å². The summed E-state index contributed by atoms with van der Waals surface area (Å²) < 4.78 is 5.41. The van der Waals surface area contributed by atoms with Crippen LogP contribution >= 0.6 is 0 Å². The van der Waals surface area contributed by atoms with E-state index in [1.165, 1.54) is 0 Å². The summed E-state index contributed by atoms with van der Waals surface area (Å²) in [6.45, 7) is 5.16. The van der Waals surface area contributed by atoms with Crippen molar-refractivity contribution in [2.75, 3.05) is 0 Å². The van der Waals surface area contributed by atoms with Crippen LogP contribution in [0.5, 0.6) is 5.75 Å². The van der Waals surface area contributed by atoms with E-state index in [1.807, 2.05) is 0 Å². The van der Waals surface area contributed by atoms with Crippen molar-refractivity contribution >= 4 is 5.97 Å². The number of aliphatic hydroxyl groups excluding tert-OH is 1. The lowest BCUT2D eigenvalue weighted by Gasteiger charge is -2.47. The van der Waals surface area contributed by atoms with Gasteiger partial charge in [0.2, 0.25) is 0 Å². The van der Waals surface area contributed by atoms with Gasteiger partial charge >= 0.3 is 5.97 Å². The maximum atomic E-state index is 12.8. The van der Waals surface area contributed by atoms with E-state index in [9.17, 15) is 20.1 Å². The number of phenolic OH excluding ortho intramolecular Hbond substituents is 1. The molecule has 2 aliphatic rings. The Kier molecular flexibility index (Phi) is 4.76. The van der Waals surface area contributed by atoms with E-state index in [2.05, 4.69) is 10.9 Å². The minimum atomic E-state index is -1.30. The minimum absolute atomic E-state index is 0.118. The SMILES string of the molecule is CC(C)OC(=O)C1C(c2ccc(O)cc2)C2C(O)NNC2CC1(C)O. The normalized spacial score (nSPS) is 37.8. The van der Waals surface area contributed by atoms with E-state index in [0.717, 1.165) is 5.56 Å². The zero-order chi connectivity index (χ0) is 18.4. The van der Waals surface area contributed by atoms with Crippen molar-refractivity contribution in [2.24, 2.45) is 11.8 Å². The quantitative estimate of drug-likeness (QED) is 0.508. The lowest BCUT2D eigenvalue weighted by atomic mass is 9.60. The molecule has 1 aliphatic carbocycles. The second-order valence-corrected chi connectivity index (χ2v) is 7.56. The molecule has 6 unspecified atom stereocenters. The van der Waals surface area contributed by atoms with Crippen molar-refractivity contribution in [3.8, 4) is 5.75 Å². The van der Waals surface area contributed by atoms with Crippen LogP contribution in [0.3, 0.4) is 0 Å². The fourth-order valence-electron chi connectivity index (χ4n) is 4.24. The van der Waals surface area contributed by atoms with E-state index in [0.29, 0.717) is 6.42 Å². The van der Waals surface area contributed by atoms with Crippen LogP contribution in [-0.2, 0) is 9.53 Å². The summed E-state index contributed by atoms with van der Waals surface area (Å²) in [5.41, 5.74) is 5.29. The van der Waals surface area contributed by atoms with Crippen LogP contribution in [-0.4, -0.2) is 45.3 Å². The molecular weight excluding hydrogens is 324 g/mol. The van der Waals surface area contributed by atoms with Gasteiger partial charge in [0.25, 0.3) is 0 Å². The van der Waals surface area contributed by atoms with Crippen LogP contribution in [0.4, 0.5) is 0 Å². The number of nitrogens with one attached hydrogen (secondary N) is 2. The minimum Gasteiger partial charge on any atom is -0.508 e.